The van der Waals surface area contributed by atoms with Gasteiger partial charge in [-0.15, -0.1) is 13.2 Å². The van der Waals surface area contributed by atoms with Gasteiger partial charge in [-0.1, -0.05) is 21.6 Å². The number of carbonyl (C=O) groups excluding carboxylic acids is 1. The molecule has 24 heavy (non-hydrogen) atoms. The number of benzene rings is 1. The molecule has 1 amide bonds. The fourth-order valence-corrected chi connectivity index (χ4v) is 3.31. The molecule has 1 aromatic carbocycles. The predicted molar refractivity (Wildman–Crippen MR) is 82.6 cm³/mol. The summed E-state index contributed by atoms with van der Waals surface area (Å²) in [6, 6.07) is 2.24. The summed E-state index contributed by atoms with van der Waals surface area (Å²) in [7, 11) is 2.67. The van der Waals surface area contributed by atoms with Crippen LogP contribution in [0.15, 0.2) is 18.2 Å². The van der Waals surface area contributed by atoms with Gasteiger partial charge in [-0.2, -0.15) is 0 Å². The van der Waals surface area contributed by atoms with E-state index in [2.05, 4.69) is 10.1 Å². The monoisotopic (exact) mass is 387 g/mol. The number of hydrogen-bond donors (Lipinski definition) is 2. The van der Waals surface area contributed by atoms with Crippen LogP contribution in [-0.4, -0.2) is 41.4 Å². The normalized spacial score (nSPS) is 11.2. The molecule has 0 saturated heterocycles. The molecule has 1 aromatic rings. The molecule has 0 saturated carbocycles. The Morgan fingerprint density at radius 3 is 2.46 bits per heavy atom. The summed E-state index contributed by atoms with van der Waals surface area (Å²) in [5.41, 5.74) is -0.395. The van der Waals surface area contributed by atoms with Crippen LogP contribution in [0.1, 0.15) is 16.8 Å². The van der Waals surface area contributed by atoms with Gasteiger partial charge < -0.3 is 15.2 Å². The molecule has 1 rings (SSSR count). The van der Waals surface area contributed by atoms with Crippen molar-refractivity contribution in [3.05, 3.63) is 29.6 Å². The third kappa shape index (κ3) is 8.29. The smallest absolute Gasteiger partial charge is 0.481 e. The van der Waals surface area contributed by atoms with Crippen molar-refractivity contribution in [1.82, 2.24) is 5.32 Å². The summed E-state index contributed by atoms with van der Waals surface area (Å²) in [5, 5.41) is 10.9. The molecule has 0 aliphatic carbocycles. The molecule has 11 heteroatoms. The van der Waals surface area contributed by atoms with Gasteiger partial charge in [0.1, 0.15) is 11.6 Å². The summed E-state index contributed by atoms with van der Waals surface area (Å²) in [5.74, 6) is -2.65. The average molecular weight is 387 g/mol. The lowest BCUT2D eigenvalue weighted by molar-refractivity contribution is -0.274. The van der Waals surface area contributed by atoms with Crippen LogP contribution in [-0.2, 0) is 4.79 Å². The van der Waals surface area contributed by atoms with E-state index in [9.17, 15) is 27.2 Å². The Kier molecular flexibility index (Phi) is 8.19. The van der Waals surface area contributed by atoms with Crippen molar-refractivity contribution in [1.29, 1.82) is 0 Å². The Morgan fingerprint density at radius 2 is 1.88 bits per heavy atom. The minimum atomic E-state index is -4.94. The van der Waals surface area contributed by atoms with Gasteiger partial charge in [-0.25, -0.2) is 4.39 Å². The fourth-order valence-electron chi connectivity index (χ4n) is 1.43. The maximum absolute atomic E-state index is 13.7. The van der Waals surface area contributed by atoms with E-state index in [-0.39, 0.29) is 13.0 Å². The van der Waals surface area contributed by atoms with Crippen molar-refractivity contribution < 1.29 is 37.0 Å². The van der Waals surface area contributed by atoms with Crippen LogP contribution >= 0.6 is 21.6 Å². The molecule has 0 unspecified atom stereocenters. The Morgan fingerprint density at radius 1 is 1.21 bits per heavy atom. The molecule has 0 aliphatic rings. The third-order valence-electron chi connectivity index (χ3n) is 2.37. The lowest BCUT2D eigenvalue weighted by Crippen LogP contribution is -2.26. The standard InChI is InChI=1S/C13H13F4NO4S2/c14-10-7-8(22-13(15,16)17)1-2-9(10)12(21)18-4-6-24-23-5-3-11(19)20/h1-2,7H,3-6H2,(H,18,21)(H,19,20). The van der Waals surface area contributed by atoms with Gasteiger partial charge in [0.25, 0.3) is 5.91 Å². The fraction of sp³-hybridized carbons (Fsp3) is 0.385. The van der Waals surface area contributed by atoms with E-state index >= 15 is 0 Å². The number of ether oxygens (including phenoxy) is 1. The highest BCUT2D eigenvalue weighted by atomic mass is 33.1. The first-order chi connectivity index (χ1) is 11.2. The van der Waals surface area contributed by atoms with E-state index in [0.717, 1.165) is 12.1 Å². The van der Waals surface area contributed by atoms with Crippen molar-refractivity contribution in [2.24, 2.45) is 0 Å². The number of halogens is 4. The molecule has 0 spiro atoms. The third-order valence-corrected chi connectivity index (χ3v) is 4.78. The molecule has 0 atom stereocenters. The largest absolute Gasteiger partial charge is 0.573 e. The van der Waals surface area contributed by atoms with Crippen LogP contribution in [0.5, 0.6) is 5.75 Å². The van der Waals surface area contributed by atoms with Gasteiger partial charge in [-0.3, -0.25) is 9.59 Å². The zero-order valence-electron chi connectivity index (χ0n) is 12.1. The van der Waals surface area contributed by atoms with Crippen molar-refractivity contribution in [2.75, 3.05) is 18.1 Å². The average Bonchev–Trinajstić information content (AvgIpc) is 2.44. The number of amides is 1. The number of hydrogen-bond acceptors (Lipinski definition) is 5. The number of carbonyl (C=O) groups is 2. The molecular weight excluding hydrogens is 374 g/mol. The second-order valence-corrected chi connectivity index (χ2v) is 6.94. The molecule has 5 nitrogen and oxygen atoms in total. The number of rotatable bonds is 9. The van der Waals surface area contributed by atoms with Gasteiger partial charge >= 0.3 is 12.3 Å². The Hall–Kier alpha value is -1.62. The summed E-state index contributed by atoms with van der Waals surface area (Å²) >= 11 is 0. The Balaban J connectivity index is 2.38. The quantitative estimate of drug-likeness (QED) is 0.385. The number of aliphatic carboxylic acids is 1. The molecule has 0 heterocycles. The molecule has 0 bridgehead atoms. The van der Waals surface area contributed by atoms with E-state index in [1.165, 1.54) is 21.6 Å². The van der Waals surface area contributed by atoms with Crippen LogP contribution in [0.25, 0.3) is 0 Å². The molecule has 0 fully saturated rings. The van der Waals surface area contributed by atoms with Crippen LogP contribution in [0.3, 0.4) is 0 Å². The van der Waals surface area contributed by atoms with Gasteiger partial charge in [-0.05, 0) is 12.1 Å². The van der Waals surface area contributed by atoms with Crippen molar-refractivity contribution in [3.63, 3.8) is 0 Å². The lowest BCUT2D eigenvalue weighted by atomic mass is 10.2. The number of nitrogens with one attached hydrogen (secondary N) is 1. The highest BCUT2D eigenvalue weighted by Gasteiger charge is 2.31. The van der Waals surface area contributed by atoms with Crippen molar-refractivity contribution >= 4 is 33.5 Å². The van der Waals surface area contributed by atoms with E-state index in [4.69, 9.17) is 5.11 Å². The predicted octanol–water partition coefficient (Wildman–Crippen LogP) is 3.31. The summed E-state index contributed by atoms with van der Waals surface area (Å²) in [6.07, 6.45) is -4.91. The van der Waals surface area contributed by atoms with E-state index in [1.807, 2.05) is 0 Å². The second-order valence-electron chi connectivity index (χ2n) is 4.23. The number of carboxylic acid groups (broad SMARTS) is 1. The summed E-state index contributed by atoms with van der Waals surface area (Å²) in [6.45, 7) is 0.198. The number of carboxylic acids is 1. The second kappa shape index (κ2) is 9.62. The van der Waals surface area contributed by atoms with Gasteiger partial charge in [0.15, 0.2) is 0 Å². The first-order valence-electron chi connectivity index (χ1n) is 6.49. The van der Waals surface area contributed by atoms with Gasteiger partial charge in [0.2, 0.25) is 0 Å². The van der Waals surface area contributed by atoms with Crippen LogP contribution in [0, 0.1) is 5.82 Å². The summed E-state index contributed by atoms with van der Waals surface area (Å²) in [4.78, 5) is 22.0. The maximum atomic E-state index is 13.7. The van der Waals surface area contributed by atoms with Crippen molar-refractivity contribution in [2.45, 2.75) is 12.8 Å². The van der Waals surface area contributed by atoms with E-state index in [0.29, 0.717) is 17.6 Å². The minimum Gasteiger partial charge on any atom is -0.481 e. The maximum Gasteiger partial charge on any atom is 0.573 e. The molecular formula is C13H13F4NO4S2. The van der Waals surface area contributed by atoms with Crippen LogP contribution in [0.2, 0.25) is 0 Å². The highest BCUT2D eigenvalue weighted by Crippen LogP contribution is 2.24. The SMILES string of the molecule is O=C(O)CCSSCCNC(=O)c1ccc(OC(F)(F)F)cc1F. The summed E-state index contributed by atoms with van der Waals surface area (Å²) < 4.78 is 53.2. The lowest BCUT2D eigenvalue weighted by Gasteiger charge is -2.10. The molecule has 0 aromatic heterocycles. The highest BCUT2D eigenvalue weighted by molar-refractivity contribution is 8.76. The van der Waals surface area contributed by atoms with E-state index < -0.39 is 35.4 Å². The van der Waals surface area contributed by atoms with Crippen molar-refractivity contribution in [3.8, 4) is 5.75 Å². The Bertz CT molecular complexity index is 584. The first-order valence-corrected chi connectivity index (χ1v) is 8.97. The molecule has 134 valence electrons. The van der Waals surface area contributed by atoms with Gasteiger partial charge in [0.05, 0.1) is 12.0 Å². The zero-order valence-corrected chi connectivity index (χ0v) is 13.7. The molecule has 2 N–H and O–H groups in total. The minimum absolute atomic E-state index is 0.0293. The van der Waals surface area contributed by atoms with E-state index in [1.54, 1.807) is 0 Å². The zero-order chi connectivity index (χ0) is 18.2. The molecule has 0 radical (unpaired) electrons. The number of alkyl halides is 3. The Labute approximate surface area is 142 Å². The topological polar surface area (TPSA) is 75.6 Å². The first kappa shape index (κ1) is 20.4. The van der Waals surface area contributed by atoms with Gasteiger partial charge in [0, 0.05) is 24.1 Å². The van der Waals surface area contributed by atoms with Crippen LogP contribution in [0.4, 0.5) is 17.6 Å². The van der Waals surface area contributed by atoms with Crippen LogP contribution < -0.4 is 10.1 Å². The molecule has 0 aliphatic heterocycles.